The lowest BCUT2D eigenvalue weighted by Gasteiger charge is -2.62. The van der Waals surface area contributed by atoms with Crippen molar-refractivity contribution in [2.75, 3.05) is 0 Å². The molecule has 0 saturated heterocycles. The first-order valence-electron chi connectivity index (χ1n) is 10.1. The zero-order valence-corrected chi connectivity index (χ0v) is 16.7. The lowest BCUT2D eigenvalue weighted by Crippen LogP contribution is -2.60. The molecule has 3 fully saturated rings. The number of hydrogen-bond donors (Lipinski definition) is 3. The molecule has 1 aromatic heterocycles. The fourth-order valence-electron chi connectivity index (χ4n) is 5.12. The van der Waals surface area contributed by atoms with Gasteiger partial charge in [-0.05, 0) is 60.1 Å². The van der Waals surface area contributed by atoms with Gasteiger partial charge in [-0.1, -0.05) is 32.9 Å². The minimum atomic E-state index is -0.451. The van der Waals surface area contributed by atoms with Crippen molar-refractivity contribution in [3.63, 3.8) is 0 Å². The average Bonchev–Trinajstić information content (AvgIpc) is 3.15. The summed E-state index contributed by atoms with van der Waals surface area (Å²) in [6.45, 7) is 6.94. The van der Waals surface area contributed by atoms with Crippen molar-refractivity contribution in [1.82, 2.24) is 10.3 Å². The number of aromatic hydroxyl groups is 1. The van der Waals surface area contributed by atoms with E-state index in [0.29, 0.717) is 35.5 Å². The Bertz CT molecular complexity index is 858. The smallest absolute Gasteiger partial charge is 0.273 e. The maximum absolute atomic E-state index is 12.7. The predicted molar refractivity (Wildman–Crippen MR) is 106 cm³/mol. The molecule has 1 aromatic carbocycles. The third kappa shape index (κ3) is 3.30. The van der Waals surface area contributed by atoms with Gasteiger partial charge in [-0.3, -0.25) is 4.79 Å². The number of carbonyl (C=O) groups is 1. The minimum absolute atomic E-state index is 0.190. The second-order valence-electron chi connectivity index (χ2n) is 9.08. The van der Waals surface area contributed by atoms with Crippen LogP contribution in [-0.4, -0.2) is 22.0 Å². The molecule has 0 radical (unpaired) electrons. The van der Waals surface area contributed by atoms with Crippen LogP contribution in [0.2, 0.25) is 0 Å². The van der Waals surface area contributed by atoms with Crippen LogP contribution in [0, 0.1) is 23.2 Å². The Morgan fingerprint density at radius 1 is 1.36 bits per heavy atom. The summed E-state index contributed by atoms with van der Waals surface area (Å²) in [6.07, 6.45) is 4.21. The van der Waals surface area contributed by atoms with E-state index in [1.165, 1.54) is 12.7 Å². The quantitative estimate of drug-likeness (QED) is 0.734. The molecule has 2 aromatic rings. The molecule has 0 spiro atoms. The Morgan fingerprint density at radius 3 is 2.71 bits per heavy atom. The molecule has 1 amide bonds. The van der Waals surface area contributed by atoms with Gasteiger partial charge in [0.2, 0.25) is 5.89 Å². The minimum Gasteiger partial charge on any atom is -0.508 e. The number of benzene rings is 1. The van der Waals surface area contributed by atoms with E-state index in [9.17, 15) is 9.90 Å². The highest BCUT2D eigenvalue weighted by Gasteiger charge is 2.56. The van der Waals surface area contributed by atoms with Crippen LogP contribution in [0.25, 0.3) is 0 Å². The highest BCUT2D eigenvalue weighted by molar-refractivity contribution is 5.92. The van der Waals surface area contributed by atoms with Gasteiger partial charge >= 0.3 is 0 Å². The standard InChI is InChI=1S/C22H29N3O3/c1-12-16-9-14(22(16,2)3)10-18(12)24-20(27)19-11-28-21(25-19)17(23)8-13-4-6-15(26)7-5-13/h4-7,11-12,14,16-18,26H,8-10,23H2,1-3H3,(H,24,27). The number of phenolic OH excluding ortho intramolecular Hbond substituents is 1. The van der Waals surface area contributed by atoms with Crippen LogP contribution in [-0.2, 0) is 6.42 Å². The number of hydrogen-bond acceptors (Lipinski definition) is 5. The topological polar surface area (TPSA) is 101 Å². The van der Waals surface area contributed by atoms with E-state index >= 15 is 0 Å². The average molecular weight is 383 g/mol. The van der Waals surface area contributed by atoms with Gasteiger partial charge in [-0.2, -0.15) is 0 Å². The fraction of sp³-hybridized carbons (Fsp3) is 0.545. The largest absolute Gasteiger partial charge is 0.508 e. The van der Waals surface area contributed by atoms with Gasteiger partial charge in [0.25, 0.3) is 5.91 Å². The number of nitrogens with zero attached hydrogens (tertiary/aromatic N) is 1. The fourth-order valence-corrected chi connectivity index (χ4v) is 5.12. The van der Waals surface area contributed by atoms with Crippen molar-refractivity contribution < 1.29 is 14.3 Å². The van der Waals surface area contributed by atoms with Gasteiger partial charge in [0.15, 0.2) is 5.69 Å². The predicted octanol–water partition coefficient (Wildman–Crippen LogP) is 3.42. The van der Waals surface area contributed by atoms with Crippen molar-refractivity contribution in [2.45, 2.75) is 52.1 Å². The number of nitrogens with one attached hydrogen (secondary N) is 1. The van der Waals surface area contributed by atoms with Crippen molar-refractivity contribution >= 4 is 5.91 Å². The molecule has 6 nitrogen and oxygen atoms in total. The summed E-state index contributed by atoms with van der Waals surface area (Å²) in [5, 5.41) is 12.5. The van der Waals surface area contributed by atoms with Crippen LogP contribution in [0.3, 0.4) is 0 Å². The van der Waals surface area contributed by atoms with E-state index in [1.54, 1.807) is 12.1 Å². The monoisotopic (exact) mass is 383 g/mol. The molecule has 2 bridgehead atoms. The van der Waals surface area contributed by atoms with Gasteiger partial charge in [0.05, 0.1) is 6.04 Å². The Hall–Kier alpha value is -2.34. The van der Waals surface area contributed by atoms with Crippen LogP contribution in [0.1, 0.15) is 61.6 Å². The molecule has 5 rings (SSSR count). The Morgan fingerprint density at radius 2 is 2.07 bits per heavy atom. The van der Waals surface area contributed by atoms with Gasteiger partial charge in [-0.25, -0.2) is 4.98 Å². The number of fused-ring (bicyclic) bond motifs is 2. The molecule has 150 valence electrons. The van der Waals surface area contributed by atoms with Gasteiger partial charge in [-0.15, -0.1) is 0 Å². The number of oxazole rings is 1. The van der Waals surface area contributed by atoms with Crippen molar-refractivity contribution in [3.05, 3.63) is 47.7 Å². The summed E-state index contributed by atoms with van der Waals surface area (Å²) >= 11 is 0. The summed E-state index contributed by atoms with van der Waals surface area (Å²) in [6, 6.07) is 6.59. The molecule has 3 aliphatic carbocycles. The van der Waals surface area contributed by atoms with Crippen LogP contribution < -0.4 is 11.1 Å². The van der Waals surface area contributed by atoms with Gasteiger partial charge in [0.1, 0.15) is 12.0 Å². The second kappa shape index (κ2) is 6.92. The Labute approximate surface area is 165 Å². The van der Waals surface area contributed by atoms with E-state index < -0.39 is 6.04 Å². The first kappa shape index (κ1) is 19.0. The summed E-state index contributed by atoms with van der Waals surface area (Å²) in [5.41, 5.74) is 7.82. The van der Waals surface area contributed by atoms with Crippen LogP contribution in [0.4, 0.5) is 0 Å². The molecule has 6 heteroatoms. The van der Waals surface area contributed by atoms with E-state index in [2.05, 4.69) is 31.1 Å². The second-order valence-corrected chi connectivity index (χ2v) is 9.08. The van der Waals surface area contributed by atoms with Crippen LogP contribution >= 0.6 is 0 Å². The molecular weight excluding hydrogens is 354 g/mol. The molecule has 3 aliphatic rings. The summed E-state index contributed by atoms with van der Waals surface area (Å²) in [5.74, 6) is 2.19. The third-order valence-corrected chi connectivity index (χ3v) is 7.13. The first-order chi connectivity index (χ1) is 13.3. The summed E-state index contributed by atoms with van der Waals surface area (Å²) < 4.78 is 5.48. The molecule has 3 saturated carbocycles. The van der Waals surface area contributed by atoms with Crippen molar-refractivity contribution in [2.24, 2.45) is 28.9 Å². The SMILES string of the molecule is CC1C(NC(=O)c2coc(C(N)Cc3ccc(O)cc3)n2)CC2CC1C2(C)C. The summed E-state index contributed by atoms with van der Waals surface area (Å²) in [7, 11) is 0. The third-order valence-electron chi connectivity index (χ3n) is 7.13. The van der Waals surface area contributed by atoms with Crippen LogP contribution in [0.5, 0.6) is 5.75 Å². The summed E-state index contributed by atoms with van der Waals surface area (Å²) in [4.78, 5) is 17.0. The van der Waals surface area contributed by atoms with Gasteiger partial charge in [0, 0.05) is 6.04 Å². The zero-order chi connectivity index (χ0) is 20.1. The van der Waals surface area contributed by atoms with E-state index in [0.717, 1.165) is 12.0 Å². The molecule has 4 N–H and O–H groups in total. The number of phenols is 1. The lowest BCUT2D eigenvalue weighted by molar-refractivity contribution is -0.113. The zero-order valence-electron chi connectivity index (χ0n) is 16.7. The van der Waals surface area contributed by atoms with Crippen molar-refractivity contribution in [1.29, 1.82) is 0 Å². The Kier molecular flexibility index (Phi) is 4.70. The number of rotatable bonds is 5. The Balaban J connectivity index is 1.37. The molecular formula is C22H29N3O3. The van der Waals surface area contributed by atoms with Crippen molar-refractivity contribution in [3.8, 4) is 5.75 Å². The molecule has 28 heavy (non-hydrogen) atoms. The molecule has 5 atom stereocenters. The number of carbonyl (C=O) groups excluding carboxylic acids is 1. The van der Waals surface area contributed by atoms with Crippen LogP contribution in [0.15, 0.2) is 34.9 Å². The van der Waals surface area contributed by atoms with E-state index in [1.807, 2.05) is 12.1 Å². The number of amides is 1. The van der Waals surface area contributed by atoms with E-state index in [4.69, 9.17) is 10.2 Å². The van der Waals surface area contributed by atoms with E-state index in [-0.39, 0.29) is 23.4 Å². The number of nitrogens with two attached hydrogens (primary N) is 1. The highest BCUT2D eigenvalue weighted by atomic mass is 16.3. The first-order valence-corrected chi connectivity index (χ1v) is 10.1. The van der Waals surface area contributed by atoms with Gasteiger partial charge < -0.3 is 20.6 Å². The highest BCUT2D eigenvalue weighted by Crippen LogP contribution is 2.61. The maximum atomic E-state index is 12.7. The molecule has 5 unspecified atom stereocenters. The molecule has 0 aliphatic heterocycles. The maximum Gasteiger partial charge on any atom is 0.273 e. The molecule has 1 heterocycles. The normalized spacial score (nSPS) is 29.0. The number of aromatic nitrogens is 1. The lowest BCUT2D eigenvalue weighted by atomic mass is 9.45.